The third-order valence-corrected chi connectivity index (χ3v) is 3.41. The van der Waals surface area contributed by atoms with Crippen LogP contribution in [0.15, 0.2) is 18.2 Å². The van der Waals surface area contributed by atoms with Crippen LogP contribution in [0.4, 0.5) is 4.39 Å². The maximum Gasteiger partial charge on any atom is 0.125 e. The first-order valence-electron chi connectivity index (χ1n) is 5.81. The van der Waals surface area contributed by atoms with Crippen molar-refractivity contribution < 1.29 is 4.39 Å². The van der Waals surface area contributed by atoms with Gasteiger partial charge in [0.25, 0.3) is 0 Å². The monoisotopic (exact) mass is 218 g/mol. The number of hydrogen-bond donors (Lipinski definition) is 1. The van der Waals surface area contributed by atoms with Crippen molar-refractivity contribution in [3.8, 4) is 0 Å². The SMILES string of the molecule is CCc1c2n(c3cc(F)ccc13)CCNC2. The van der Waals surface area contributed by atoms with Gasteiger partial charge in [-0.2, -0.15) is 0 Å². The summed E-state index contributed by atoms with van der Waals surface area (Å²) in [5.74, 6) is -0.144. The van der Waals surface area contributed by atoms with Crippen molar-refractivity contribution in [1.82, 2.24) is 9.88 Å². The molecule has 0 fully saturated rings. The van der Waals surface area contributed by atoms with Gasteiger partial charge in [-0.1, -0.05) is 6.92 Å². The highest BCUT2D eigenvalue weighted by Gasteiger charge is 2.18. The van der Waals surface area contributed by atoms with E-state index >= 15 is 0 Å². The lowest BCUT2D eigenvalue weighted by Crippen LogP contribution is -2.28. The molecule has 0 atom stereocenters. The van der Waals surface area contributed by atoms with Gasteiger partial charge in [-0.05, 0) is 30.2 Å². The summed E-state index contributed by atoms with van der Waals surface area (Å²) in [6.45, 7) is 4.97. The number of aromatic nitrogens is 1. The molecule has 84 valence electrons. The highest BCUT2D eigenvalue weighted by atomic mass is 19.1. The molecule has 16 heavy (non-hydrogen) atoms. The van der Waals surface area contributed by atoms with E-state index in [0.717, 1.165) is 31.6 Å². The van der Waals surface area contributed by atoms with E-state index in [2.05, 4.69) is 16.8 Å². The van der Waals surface area contributed by atoms with Gasteiger partial charge < -0.3 is 9.88 Å². The van der Waals surface area contributed by atoms with Gasteiger partial charge in [-0.15, -0.1) is 0 Å². The van der Waals surface area contributed by atoms with E-state index in [-0.39, 0.29) is 5.82 Å². The number of halogens is 1. The first-order chi connectivity index (χ1) is 7.81. The van der Waals surface area contributed by atoms with Crippen LogP contribution in [0.2, 0.25) is 0 Å². The third kappa shape index (κ3) is 1.28. The van der Waals surface area contributed by atoms with Crippen LogP contribution in [-0.4, -0.2) is 11.1 Å². The van der Waals surface area contributed by atoms with Gasteiger partial charge in [0.05, 0.1) is 5.52 Å². The first kappa shape index (κ1) is 9.85. The molecule has 0 amide bonds. The molecule has 2 nitrogen and oxygen atoms in total. The standard InChI is InChI=1S/C13H15FN2/c1-2-10-11-4-3-9(14)7-12(11)16-6-5-15-8-13(10)16/h3-4,7,15H,2,5-6,8H2,1H3. The summed E-state index contributed by atoms with van der Waals surface area (Å²) in [5.41, 5.74) is 3.74. The minimum atomic E-state index is -0.144. The maximum atomic E-state index is 13.3. The van der Waals surface area contributed by atoms with Crippen molar-refractivity contribution in [1.29, 1.82) is 0 Å². The lowest BCUT2D eigenvalue weighted by Gasteiger charge is -2.18. The van der Waals surface area contributed by atoms with Crippen molar-refractivity contribution in [2.45, 2.75) is 26.4 Å². The number of benzene rings is 1. The Hall–Kier alpha value is -1.35. The van der Waals surface area contributed by atoms with Gasteiger partial charge in [0.15, 0.2) is 0 Å². The van der Waals surface area contributed by atoms with Crippen molar-refractivity contribution in [2.75, 3.05) is 6.54 Å². The van der Waals surface area contributed by atoms with Crippen LogP contribution in [0.3, 0.4) is 0 Å². The fourth-order valence-corrected chi connectivity index (χ4v) is 2.70. The molecule has 0 spiro atoms. The van der Waals surface area contributed by atoms with Gasteiger partial charge in [0.1, 0.15) is 5.82 Å². The molecule has 3 heteroatoms. The molecule has 0 radical (unpaired) electrons. The van der Waals surface area contributed by atoms with Crippen molar-refractivity contribution in [3.63, 3.8) is 0 Å². The third-order valence-electron chi connectivity index (χ3n) is 3.41. The van der Waals surface area contributed by atoms with Crippen LogP contribution in [0.5, 0.6) is 0 Å². The Morgan fingerprint density at radius 1 is 1.44 bits per heavy atom. The molecule has 3 rings (SSSR count). The highest BCUT2D eigenvalue weighted by molar-refractivity contribution is 5.85. The topological polar surface area (TPSA) is 17.0 Å². The quantitative estimate of drug-likeness (QED) is 0.778. The normalized spacial score (nSPS) is 15.4. The van der Waals surface area contributed by atoms with Crippen molar-refractivity contribution >= 4 is 10.9 Å². The van der Waals surface area contributed by atoms with Gasteiger partial charge in [-0.25, -0.2) is 4.39 Å². The zero-order valence-corrected chi connectivity index (χ0v) is 9.39. The van der Waals surface area contributed by atoms with Crippen LogP contribution in [0, 0.1) is 5.82 Å². The predicted molar refractivity (Wildman–Crippen MR) is 63.0 cm³/mol. The molecule has 2 heterocycles. The van der Waals surface area contributed by atoms with Gasteiger partial charge in [0, 0.05) is 30.7 Å². The van der Waals surface area contributed by atoms with Crippen LogP contribution < -0.4 is 5.32 Å². The molecule has 0 saturated carbocycles. The molecule has 1 aliphatic rings. The van der Waals surface area contributed by atoms with Gasteiger partial charge in [0.2, 0.25) is 0 Å². The van der Waals surface area contributed by atoms with E-state index in [1.165, 1.54) is 16.6 Å². The van der Waals surface area contributed by atoms with E-state index in [1.807, 2.05) is 6.07 Å². The average Bonchev–Trinajstić information content (AvgIpc) is 2.62. The molecular formula is C13H15FN2. The van der Waals surface area contributed by atoms with Crippen LogP contribution >= 0.6 is 0 Å². The Morgan fingerprint density at radius 3 is 3.12 bits per heavy atom. The lowest BCUT2D eigenvalue weighted by molar-refractivity contribution is 0.522. The fraction of sp³-hybridized carbons (Fsp3) is 0.385. The minimum Gasteiger partial charge on any atom is -0.342 e. The van der Waals surface area contributed by atoms with E-state index in [9.17, 15) is 4.39 Å². The zero-order chi connectivity index (χ0) is 11.1. The van der Waals surface area contributed by atoms with E-state index in [0.29, 0.717) is 0 Å². The Kier molecular flexibility index (Phi) is 2.21. The van der Waals surface area contributed by atoms with Crippen LogP contribution in [0.25, 0.3) is 10.9 Å². The number of nitrogens with zero attached hydrogens (tertiary/aromatic N) is 1. The minimum absolute atomic E-state index is 0.144. The molecule has 1 aromatic heterocycles. The van der Waals surface area contributed by atoms with Gasteiger partial charge >= 0.3 is 0 Å². The van der Waals surface area contributed by atoms with E-state index in [4.69, 9.17) is 0 Å². The molecular weight excluding hydrogens is 203 g/mol. The second-order valence-corrected chi connectivity index (χ2v) is 4.27. The van der Waals surface area contributed by atoms with Crippen molar-refractivity contribution in [2.24, 2.45) is 0 Å². The highest BCUT2D eigenvalue weighted by Crippen LogP contribution is 2.28. The summed E-state index contributed by atoms with van der Waals surface area (Å²) in [6, 6.07) is 5.12. The molecule has 1 N–H and O–H groups in total. The number of hydrogen-bond acceptors (Lipinski definition) is 1. The largest absolute Gasteiger partial charge is 0.342 e. The summed E-state index contributed by atoms with van der Waals surface area (Å²) in [5, 5.41) is 4.59. The lowest BCUT2D eigenvalue weighted by atomic mass is 10.1. The Balaban J connectivity index is 2.37. The number of nitrogens with one attached hydrogen (secondary N) is 1. The number of rotatable bonds is 1. The molecule has 1 aliphatic heterocycles. The van der Waals surface area contributed by atoms with Crippen LogP contribution in [0.1, 0.15) is 18.2 Å². The predicted octanol–water partition coefficient (Wildman–Crippen LogP) is 2.45. The van der Waals surface area contributed by atoms with E-state index in [1.54, 1.807) is 12.1 Å². The van der Waals surface area contributed by atoms with Crippen molar-refractivity contribution in [3.05, 3.63) is 35.3 Å². The van der Waals surface area contributed by atoms with Crippen LogP contribution in [-0.2, 0) is 19.5 Å². The first-order valence-corrected chi connectivity index (χ1v) is 5.81. The Labute approximate surface area is 94.1 Å². The Morgan fingerprint density at radius 2 is 2.31 bits per heavy atom. The van der Waals surface area contributed by atoms with Gasteiger partial charge in [-0.3, -0.25) is 0 Å². The number of fused-ring (bicyclic) bond motifs is 3. The average molecular weight is 218 g/mol. The maximum absolute atomic E-state index is 13.3. The number of aryl methyl sites for hydroxylation is 1. The zero-order valence-electron chi connectivity index (χ0n) is 9.39. The molecule has 0 unspecified atom stereocenters. The molecule has 1 aromatic carbocycles. The summed E-state index contributed by atoms with van der Waals surface area (Å²) >= 11 is 0. The molecule has 0 aliphatic carbocycles. The van der Waals surface area contributed by atoms with E-state index < -0.39 is 0 Å². The fourth-order valence-electron chi connectivity index (χ4n) is 2.70. The smallest absolute Gasteiger partial charge is 0.125 e. The summed E-state index contributed by atoms with van der Waals surface area (Å²) in [4.78, 5) is 0. The molecule has 0 saturated heterocycles. The summed E-state index contributed by atoms with van der Waals surface area (Å²) < 4.78 is 15.5. The summed E-state index contributed by atoms with van der Waals surface area (Å²) in [7, 11) is 0. The summed E-state index contributed by atoms with van der Waals surface area (Å²) in [6.07, 6.45) is 1.01. The molecule has 0 bridgehead atoms. The second-order valence-electron chi connectivity index (χ2n) is 4.27. The second kappa shape index (κ2) is 3.59. The molecule has 2 aromatic rings. The Bertz CT molecular complexity index is 542.